The number of rotatable bonds is 8. The van der Waals surface area contributed by atoms with Gasteiger partial charge in [0.15, 0.2) is 0 Å². The number of hydrogen-bond donors (Lipinski definition) is 2. The molecule has 1 aliphatic heterocycles. The molecule has 0 radical (unpaired) electrons. The van der Waals surface area contributed by atoms with Gasteiger partial charge in [0.25, 0.3) is 0 Å². The fourth-order valence-corrected chi connectivity index (χ4v) is 3.55. The Bertz CT molecular complexity index is 410. The van der Waals surface area contributed by atoms with Gasteiger partial charge in [0.05, 0.1) is 7.11 Å². The molecule has 4 nitrogen and oxygen atoms in total. The number of benzene rings is 1. The highest BCUT2D eigenvalue weighted by molar-refractivity contribution is 7.99. The van der Waals surface area contributed by atoms with Gasteiger partial charge in [-0.2, -0.15) is 11.8 Å². The summed E-state index contributed by atoms with van der Waals surface area (Å²) < 4.78 is 10.7. The van der Waals surface area contributed by atoms with Crippen LogP contribution in [0.2, 0.25) is 0 Å². The molecule has 2 N–H and O–H groups in total. The summed E-state index contributed by atoms with van der Waals surface area (Å²) in [5.41, 5.74) is 0. The Kier molecular flexibility index (Phi) is 7.19. The van der Waals surface area contributed by atoms with E-state index in [9.17, 15) is 5.11 Å². The van der Waals surface area contributed by atoms with Gasteiger partial charge in [-0.05, 0) is 48.9 Å². The summed E-state index contributed by atoms with van der Waals surface area (Å²) in [5.74, 6) is 4.78. The summed E-state index contributed by atoms with van der Waals surface area (Å²) in [5, 5.41) is 13.3. The summed E-state index contributed by atoms with van der Waals surface area (Å²) in [6.07, 6.45) is 2.08. The van der Waals surface area contributed by atoms with E-state index in [1.165, 1.54) is 24.3 Å². The molecule has 1 unspecified atom stereocenters. The lowest BCUT2D eigenvalue weighted by atomic mass is 10.0. The smallest absolute Gasteiger partial charge is 0.123 e. The minimum Gasteiger partial charge on any atom is -0.497 e. The van der Waals surface area contributed by atoms with Gasteiger partial charge >= 0.3 is 0 Å². The van der Waals surface area contributed by atoms with E-state index in [0.717, 1.165) is 24.0 Å². The first-order valence-corrected chi connectivity index (χ1v) is 8.67. The van der Waals surface area contributed by atoms with Crippen molar-refractivity contribution in [3.05, 3.63) is 24.3 Å². The van der Waals surface area contributed by atoms with Crippen molar-refractivity contribution in [1.29, 1.82) is 0 Å². The molecule has 1 heterocycles. The standard InChI is InChI=1S/C16H25NO3S/c1-19-15-3-2-4-16(9-15)20-12-14(18)11-17-10-13-5-7-21-8-6-13/h2-4,9,13-14,17-18H,5-8,10-12H2,1H3. The summed E-state index contributed by atoms with van der Waals surface area (Å²) in [4.78, 5) is 0. The van der Waals surface area contributed by atoms with Crippen LogP contribution in [-0.2, 0) is 0 Å². The molecular formula is C16H25NO3S. The molecule has 0 aromatic heterocycles. The van der Waals surface area contributed by atoms with Crippen LogP contribution in [0.4, 0.5) is 0 Å². The lowest BCUT2D eigenvalue weighted by Crippen LogP contribution is -2.35. The van der Waals surface area contributed by atoms with Gasteiger partial charge < -0.3 is 19.9 Å². The highest BCUT2D eigenvalue weighted by atomic mass is 32.2. The fourth-order valence-electron chi connectivity index (χ4n) is 2.35. The van der Waals surface area contributed by atoms with Crippen LogP contribution >= 0.6 is 11.8 Å². The van der Waals surface area contributed by atoms with Crippen LogP contribution in [0, 0.1) is 5.92 Å². The number of hydrogen-bond acceptors (Lipinski definition) is 5. The predicted molar refractivity (Wildman–Crippen MR) is 87.4 cm³/mol. The molecule has 5 heteroatoms. The van der Waals surface area contributed by atoms with Gasteiger partial charge in [0.1, 0.15) is 24.2 Å². The molecular weight excluding hydrogens is 286 g/mol. The van der Waals surface area contributed by atoms with Gasteiger partial charge in [-0.25, -0.2) is 0 Å². The summed E-state index contributed by atoms with van der Waals surface area (Å²) >= 11 is 2.04. The highest BCUT2D eigenvalue weighted by Gasteiger charge is 2.14. The van der Waals surface area contributed by atoms with Crippen molar-refractivity contribution >= 4 is 11.8 Å². The van der Waals surface area contributed by atoms with Gasteiger partial charge in [0.2, 0.25) is 0 Å². The maximum absolute atomic E-state index is 9.94. The second kappa shape index (κ2) is 9.18. The average Bonchev–Trinajstić information content (AvgIpc) is 2.54. The van der Waals surface area contributed by atoms with Gasteiger partial charge in [0, 0.05) is 12.6 Å². The molecule has 0 saturated carbocycles. The number of ether oxygens (including phenoxy) is 2. The van der Waals surface area contributed by atoms with Gasteiger partial charge in [-0.3, -0.25) is 0 Å². The Morgan fingerprint density at radius 1 is 1.33 bits per heavy atom. The molecule has 0 spiro atoms. The van der Waals surface area contributed by atoms with Crippen molar-refractivity contribution in [3.8, 4) is 11.5 Å². The van der Waals surface area contributed by atoms with E-state index in [-0.39, 0.29) is 0 Å². The first-order valence-electron chi connectivity index (χ1n) is 7.51. The van der Waals surface area contributed by atoms with Crippen molar-refractivity contribution < 1.29 is 14.6 Å². The van der Waals surface area contributed by atoms with E-state index in [2.05, 4.69) is 5.32 Å². The first-order chi connectivity index (χ1) is 10.3. The molecule has 2 rings (SSSR count). The Balaban J connectivity index is 1.61. The average molecular weight is 311 g/mol. The van der Waals surface area contributed by atoms with Crippen molar-refractivity contribution in [2.75, 3.05) is 38.3 Å². The molecule has 118 valence electrons. The largest absolute Gasteiger partial charge is 0.497 e. The summed E-state index contributed by atoms with van der Waals surface area (Å²) in [6, 6.07) is 7.43. The van der Waals surface area contributed by atoms with Crippen molar-refractivity contribution in [2.24, 2.45) is 5.92 Å². The third kappa shape index (κ3) is 6.16. The van der Waals surface area contributed by atoms with Crippen molar-refractivity contribution in [2.45, 2.75) is 18.9 Å². The van der Waals surface area contributed by atoms with E-state index >= 15 is 0 Å². The topological polar surface area (TPSA) is 50.7 Å². The first kappa shape index (κ1) is 16.5. The molecule has 0 aliphatic carbocycles. The number of nitrogens with one attached hydrogen (secondary N) is 1. The van der Waals surface area contributed by atoms with Crippen LogP contribution in [0.25, 0.3) is 0 Å². The summed E-state index contributed by atoms with van der Waals surface area (Å²) in [7, 11) is 1.63. The fraction of sp³-hybridized carbons (Fsp3) is 0.625. The molecule has 1 aliphatic rings. The zero-order chi connectivity index (χ0) is 14.9. The zero-order valence-electron chi connectivity index (χ0n) is 12.6. The Labute approximate surface area is 131 Å². The molecule has 21 heavy (non-hydrogen) atoms. The maximum Gasteiger partial charge on any atom is 0.123 e. The third-order valence-electron chi connectivity index (χ3n) is 3.64. The van der Waals surface area contributed by atoms with Crippen LogP contribution in [0.1, 0.15) is 12.8 Å². The summed E-state index contributed by atoms with van der Waals surface area (Å²) in [6.45, 7) is 1.87. The molecule has 0 amide bonds. The molecule has 1 aromatic rings. The quantitative estimate of drug-likeness (QED) is 0.770. The van der Waals surface area contributed by atoms with Crippen LogP contribution in [-0.4, -0.2) is 49.5 Å². The minimum atomic E-state index is -0.492. The molecule has 1 aromatic carbocycles. The van der Waals surface area contributed by atoms with Crippen LogP contribution in [0.3, 0.4) is 0 Å². The number of aliphatic hydroxyl groups is 1. The Morgan fingerprint density at radius 3 is 2.86 bits per heavy atom. The lowest BCUT2D eigenvalue weighted by molar-refractivity contribution is 0.105. The zero-order valence-corrected chi connectivity index (χ0v) is 13.4. The van der Waals surface area contributed by atoms with Crippen molar-refractivity contribution in [1.82, 2.24) is 5.32 Å². The van der Waals surface area contributed by atoms with Crippen LogP contribution in [0.15, 0.2) is 24.3 Å². The molecule has 0 bridgehead atoms. The Hall–Kier alpha value is -0.910. The van der Waals surface area contributed by atoms with E-state index < -0.39 is 6.10 Å². The Morgan fingerprint density at radius 2 is 2.10 bits per heavy atom. The second-order valence-corrected chi connectivity index (χ2v) is 6.58. The monoisotopic (exact) mass is 311 g/mol. The third-order valence-corrected chi connectivity index (χ3v) is 4.69. The predicted octanol–water partition coefficient (Wildman–Crippen LogP) is 2.17. The molecule has 1 fully saturated rings. The lowest BCUT2D eigenvalue weighted by Gasteiger charge is -2.22. The number of methoxy groups -OCH3 is 1. The minimum absolute atomic E-state index is 0.292. The normalized spacial score (nSPS) is 17.4. The van der Waals surface area contributed by atoms with Gasteiger partial charge in [-0.15, -0.1) is 0 Å². The van der Waals surface area contributed by atoms with E-state index in [1.54, 1.807) is 7.11 Å². The highest BCUT2D eigenvalue weighted by Crippen LogP contribution is 2.22. The van der Waals surface area contributed by atoms with Gasteiger partial charge in [-0.1, -0.05) is 6.07 Å². The van der Waals surface area contributed by atoms with E-state index in [1.807, 2.05) is 36.0 Å². The van der Waals surface area contributed by atoms with Crippen LogP contribution < -0.4 is 14.8 Å². The van der Waals surface area contributed by atoms with E-state index in [0.29, 0.717) is 13.2 Å². The molecule has 1 atom stereocenters. The molecule has 1 saturated heterocycles. The second-order valence-electron chi connectivity index (χ2n) is 5.36. The number of aliphatic hydroxyl groups excluding tert-OH is 1. The maximum atomic E-state index is 9.94. The van der Waals surface area contributed by atoms with Crippen LogP contribution in [0.5, 0.6) is 11.5 Å². The number of thioether (sulfide) groups is 1. The van der Waals surface area contributed by atoms with E-state index in [4.69, 9.17) is 9.47 Å². The van der Waals surface area contributed by atoms with Crippen molar-refractivity contribution in [3.63, 3.8) is 0 Å². The SMILES string of the molecule is COc1cccc(OCC(O)CNCC2CCSCC2)c1.